The standard InChI is InChI=1S/C25H25N3O3S2/c1-3-28(15-18-9-11-20(12-10-18)31-16-19-7-5-4-6-8-19)22(29)17-33-25-26-23-21(13-14-32-23)24(30)27(25)2/h4-14H,3,15-17H2,1-2H3. The maximum absolute atomic E-state index is 12.9. The van der Waals surface area contributed by atoms with Crippen LogP contribution in [0.1, 0.15) is 18.1 Å². The topological polar surface area (TPSA) is 64.4 Å². The molecule has 0 radical (unpaired) electrons. The Kier molecular flexibility index (Phi) is 7.47. The second-order valence-electron chi connectivity index (χ2n) is 7.51. The van der Waals surface area contributed by atoms with Gasteiger partial charge in [0.1, 0.15) is 17.2 Å². The van der Waals surface area contributed by atoms with Crippen LogP contribution in [0, 0.1) is 0 Å². The van der Waals surface area contributed by atoms with Crippen molar-refractivity contribution in [1.82, 2.24) is 14.5 Å². The first-order valence-electron chi connectivity index (χ1n) is 10.7. The Morgan fingerprint density at radius 2 is 1.85 bits per heavy atom. The Morgan fingerprint density at radius 1 is 1.09 bits per heavy atom. The molecule has 0 unspecified atom stereocenters. The monoisotopic (exact) mass is 479 g/mol. The van der Waals surface area contributed by atoms with Gasteiger partial charge in [0.25, 0.3) is 5.56 Å². The first-order chi connectivity index (χ1) is 16.0. The summed E-state index contributed by atoms with van der Waals surface area (Å²) in [6.45, 7) is 3.60. The number of hydrogen-bond donors (Lipinski definition) is 0. The van der Waals surface area contributed by atoms with Crippen molar-refractivity contribution in [3.05, 3.63) is 87.5 Å². The SMILES string of the molecule is CCN(Cc1ccc(OCc2ccccc2)cc1)C(=O)CSc1nc2sccc2c(=O)n1C. The number of hydrogen-bond acceptors (Lipinski definition) is 6. The molecule has 4 aromatic rings. The number of aromatic nitrogens is 2. The van der Waals surface area contributed by atoms with E-state index in [-0.39, 0.29) is 17.2 Å². The van der Waals surface area contributed by atoms with Crippen molar-refractivity contribution < 1.29 is 9.53 Å². The number of nitrogens with zero attached hydrogens (tertiary/aromatic N) is 3. The fourth-order valence-corrected chi connectivity index (χ4v) is 5.04. The molecular weight excluding hydrogens is 454 g/mol. The van der Waals surface area contributed by atoms with E-state index in [4.69, 9.17) is 4.74 Å². The van der Waals surface area contributed by atoms with Crippen LogP contribution >= 0.6 is 23.1 Å². The number of rotatable bonds is 9. The van der Waals surface area contributed by atoms with E-state index in [2.05, 4.69) is 4.98 Å². The highest BCUT2D eigenvalue weighted by Crippen LogP contribution is 2.21. The van der Waals surface area contributed by atoms with Gasteiger partial charge in [0.05, 0.1) is 11.1 Å². The molecule has 2 aromatic carbocycles. The molecule has 1 amide bonds. The van der Waals surface area contributed by atoms with Crippen molar-refractivity contribution in [1.29, 1.82) is 0 Å². The van der Waals surface area contributed by atoms with Gasteiger partial charge in [-0.3, -0.25) is 14.2 Å². The number of amides is 1. The summed E-state index contributed by atoms with van der Waals surface area (Å²) in [4.78, 5) is 32.4. The Balaban J connectivity index is 1.34. The molecule has 0 bridgehead atoms. The van der Waals surface area contributed by atoms with E-state index in [1.54, 1.807) is 18.0 Å². The minimum atomic E-state index is -0.0851. The number of benzene rings is 2. The molecule has 0 aliphatic rings. The minimum absolute atomic E-state index is 0.00688. The third-order valence-corrected chi connectivity index (χ3v) is 7.09. The average Bonchev–Trinajstić information content (AvgIpc) is 3.32. The summed E-state index contributed by atoms with van der Waals surface area (Å²) in [6, 6.07) is 19.6. The lowest BCUT2D eigenvalue weighted by molar-refractivity contribution is -0.128. The summed E-state index contributed by atoms with van der Waals surface area (Å²) in [5.41, 5.74) is 2.07. The zero-order valence-corrected chi connectivity index (χ0v) is 20.2. The van der Waals surface area contributed by atoms with E-state index in [0.29, 0.717) is 35.1 Å². The summed E-state index contributed by atoms with van der Waals surface area (Å²) < 4.78 is 7.35. The molecule has 0 aliphatic heterocycles. The smallest absolute Gasteiger partial charge is 0.262 e. The summed E-state index contributed by atoms with van der Waals surface area (Å²) in [5, 5.41) is 3.03. The Labute approximate surface area is 200 Å². The molecule has 0 saturated carbocycles. The van der Waals surface area contributed by atoms with Gasteiger partial charge in [0, 0.05) is 20.1 Å². The van der Waals surface area contributed by atoms with Crippen LogP contribution in [0.25, 0.3) is 10.2 Å². The number of carbonyl (C=O) groups is 1. The lowest BCUT2D eigenvalue weighted by Crippen LogP contribution is -2.32. The van der Waals surface area contributed by atoms with Gasteiger partial charge in [-0.2, -0.15) is 0 Å². The van der Waals surface area contributed by atoms with E-state index in [9.17, 15) is 9.59 Å². The largest absolute Gasteiger partial charge is 0.489 e. The molecule has 0 fully saturated rings. The number of carbonyl (C=O) groups excluding carboxylic acids is 1. The zero-order valence-electron chi connectivity index (χ0n) is 18.6. The molecule has 0 saturated heterocycles. The maximum atomic E-state index is 12.9. The van der Waals surface area contributed by atoms with E-state index in [1.807, 2.05) is 66.9 Å². The predicted octanol–water partition coefficient (Wildman–Crippen LogP) is 4.71. The van der Waals surface area contributed by atoms with Crippen LogP contribution in [-0.2, 0) is 25.0 Å². The lowest BCUT2D eigenvalue weighted by Gasteiger charge is -2.21. The van der Waals surface area contributed by atoms with Gasteiger partial charge in [0.2, 0.25) is 5.91 Å². The van der Waals surface area contributed by atoms with Crippen molar-refractivity contribution in [3.63, 3.8) is 0 Å². The van der Waals surface area contributed by atoms with E-state index in [0.717, 1.165) is 16.9 Å². The first-order valence-corrected chi connectivity index (χ1v) is 12.5. The van der Waals surface area contributed by atoms with Crippen LogP contribution in [0.15, 0.2) is 76.0 Å². The van der Waals surface area contributed by atoms with Gasteiger partial charge in [-0.05, 0) is 41.6 Å². The minimum Gasteiger partial charge on any atom is -0.489 e. The molecule has 0 N–H and O–H groups in total. The number of ether oxygens (including phenoxy) is 1. The molecule has 0 spiro atoms. The normalized spacial score (nSPS) is 11.0. The van der Waals surface area contributed by atoms with Crippen LogP contribution in [0.3, 0.4) is 0 Å². The molecule has 2 aromatic heterocycles. The van der Waals surface area contributed by atoms with Gasteiger partial charge < -0.3 is 9.64 Å². The van der Waals surface area contributed by atoms with Crippen molar-refractivity contribution in [2.45, 2.75) is 25.2 Å². The average molecular weight is 480 g/mol. The van der Waals surface area contributed by atoms with E-state index < -0.39 is 0 Å². The lowest BCUT2D eigenvalue weighted by atomic mass is 10.2. The third-order valence-electron chi connectivity index (χ3n) is 5.27. The number of thiophene rings is 1. The van der Waals surface area contributed by atoms with Gasteiger partial charge in [-0.15, -0.1) is 11.3 Å². The quantitative estimate of drug-likeness (QED) is 0.257. The van der Waals surface area contributed by atoms with Crippen LogP contribution in [0.2, 0.25) is 0 Å². The van der Waals surface area contributed by atoms with Crippen LogP contribution in [-0.4, -0.2) is 32.7 Å². The second-order valence-corrected chi connectivity index (χ2v) is 9.35. The Hall–Kier alpha value is -3.10. The van der Waals surface area contributed by atoms with Crippen molar-refractivity contribution in [2.24, 2.45) is 7.05 Å². The molecule has 0 aliphatic carbocycles. The summed E-state index contributed by atoms with van der Waals surface area (Å²) in [5.74, 6) is 1.03. The summed E-state index contributed by atoms with van der Waals surface area (Å²) >= 11 is 2.73. The fourth-order valence-electron chi connectivity index (χ4n) is 3.36. The van der Waals surface area contributed by atoms with Crippen molar-refractivity contribution in [3.8, 4) is 5.75 Å². The van der Waals surface area contributed by atoms with Crippen molar-refractivity contribution in [2.75, 3.05) is 12.3 Å². The molecule has 170 valence electrons. The Bertz CT molecular complexity index is 1280. The highest BCUT2D eigenvalue weighted by Gasteiger charge is 2.16. The van der Waals surface area contributed by atoms with Crippen LogP contribution < -0.4 is 10.3 Å². The number of fused-ring (bicyclic) bond motifs is 1. The third kappa shape index (κ3) is 5.64. The van der Waals surface area contributed by atoms with Crippen LogP contribution in [0.4, 0.5) is 0 Å². The van der Waals surface area contributed by atoms with Gasteiger partial charge in [-0.25, -0.2) is 4.98 Å². The van der Waals surface area contributed by atoms with E-state index >= 15 is 0 Å². The number of thioether (sulfide) groups is 1. The maximum Gasteiger partial charge on any atom is 0.262 e. The van der Waals surface area contributed by atoms with Gasteiger partial charge >= 0.3 is 0 Å². The molecule has 4 rings (SSSR count). The highest BCUT2D eigenvalue weighted by atomic mass is 32.2. The molecular formula is C25H25N3O3S2. The highest BCUT2D eigenvalue weighted by molar-refractivity contribution is 7.99. The fraction of sp³-hybridized carbons (Fsp3) is 0.240. The first kappa shape index (κ1) is 23.1. The summed E-state index contributed by atoms with van der Waals surface area (Å²) in [7, 11) is 1.69. The molecule has 0 atom stereocenters. The zero-order chi connectivity index (χ0) is 23.2. The van der Waals surface area contributed by atoms with Crippen molar-refractivity contribution >= 4 is 39.2 Å². The predicted molar refractivity (Wildman–Crippen MR) is 134 cm³/mol. The Morgan fingerprint density at radius 3 is 2.58 bits per heavy atom. The second kappa shape index (κ2) is 10.7. The molecule has 2 heterocycles. The molecule has 33 heavy (non-hydrogen) atoms. The van der Waals surface area contributed by atoms with Crippen LogP contribution in [0.5, 0.6) is 5.75 Å². The van der Waals surface area contributed by atoms with Gasteiger partial charge in [0.15, 0.2) is 5.16 Å². The molecule has 8 heteroatoms. The van der Waals surface area contributed by atoms with Gasteiger partial charge in [-0.1, -0.05) is 54.2 Å². The molecule has 6 nitrogen and oxygen atoms in total. The van der Waals surface area contributed by atoms with E-state index in [1.165, 1.54) is 27.7 Å². The summed E-state index contributed by atoms with van der Waals surface area (Å²) in [6.07, 6.45) is 0.